The van der Waals surface area contributed by atoms with E-state index in [4.69, 9.17) is 9.52 Å². The van der Waals surface area contributed by atoms with Crippen molar-refractivity contribution in [3.63, 3.8) is 0 Å². The summed E-state index contributed by atoms with van der Waals surface area (Å²) in [4.78, 5) is 8.45. The van der Waals surface area contributed by atoms with Crippen LogP contribution in [0, 0.1) is 0 Å². The van der Waals surface area contributed by atoms with Gasteiger partial charge in [0.15, 0.2) is 5.82 Å². The molecule has 0 bridgehead atoms. The predicted octanol–water partition coefficient (Wildman–Crippen LogP) is 0.872. The summed E-state index contributed by atoms with van der Waals surface area (Å²) in [5, 5.41) is 13.2. The normalized spacial score (nSPS) is 10.9. The highest BCUT2D eigenvalue weighted by Gasteiger charge is 2.13. The van der Waals surface area contributed by atoms with E-state index in [0.717, 1.165) is 24.5 Å². The molecule has 0 spiro atoms. The minimum Gasteiger partial charge on any atom is -0.430 e. The average Bonchev–Trinajstić information content (AvgIpc) is 2.94. The first-order valence-corrected chi connectivity index (χ1v) is 5.28. The number of hydrogen-bond acceptors (Lipinski definition) is 5. The molecule has 0 saturated carbocycles. The first kappa shape index (κ1) is 10.8. The number of aryl methyl sites for hydroxylation is 2. The lowest BCUT2D eigenvalue weighted by molar-refractivity contribution is 0.276. The number of hydrogen-bond donors (Lipinski definition) is 1. The zero-order valence-electron chi connectivity index (χ0n) is 9.34. The van der Waals surface area contributed by atoms with Crippen LogP contribution in [0.15, 0.2) is 10.7 Å². The first-order chi connectivity index (χ1) is 7.78. The Balaban J connectivity index is 2.41. The first-order valence-electron chi connectivity index (χ1n) is 5.28. The molecular formula is C10H14N4O2. The summed E-state index contributed by atoms with van der Waals surface area (Å²) in [5.41, 5.74) is 0.491. The van der Waals surface area contributed by atoms with E-state index >= 15 is 0 Å². The fraction of sp³-hybridized carbons (Fsp3) is 0.500. The lowest BCUT2D eigenvalue weighted by atomic mass is 10.4. The number of aliphatic hydroxyl groups excluding tert-OH is 1. The summed E-state index contributed by atoms with van der Waals surface area (Å²) in [6.45, 7) is 3.85. The summed E-state index contributed by atoms with van der Waals surface area (Å²) in [6, 6.07) is 0.355. The van der Waals surface area contributed by atoms with Crippen LogP contribution in [0.3, 0.4) is 0 Å². The summed E-state index contributed by atoms with van der Waals surface area (Å²) in [7, 11) is 0. The van der Waals surface area contributed by atoms with E-state index in [-0.39, 0.29) is 6.61 Å². The topological polar surface area (TPSA) is 77.0 Å². The van der Waals surface area contributed by atoms with Crippen molar-refractivity contribution >= 4 is 0 Å². The van der Waals surface area contributed by atoms with Gasteiger partial charge in [-0.2, -0.15) is 9.67 Å². The molecule has 1 N–H and O–H groups in total. The number of nitrogens with zero attached hydrogens (tertiary/aromatic N) is 4. The van der Waals surface area contributed by atoms with Gasteiger partial charge in [-0.3, -0.25) is 0 Å². The summed E-state index contributed by atoms with van der Waals surface area (Å²) in [6.07, 6.45) is 2.94. The molecule has 0 aliphatic carbocycles. The van der Waals surface area contributed by atoms with Crippen LogP contribution in [0.5, 0.6) is 0 Å². The molecule has 0 atom stereocenters. The van der Waals surface area contributed by atoms with Crippen LogP contribution in [0.4, 0.5) is 0 Å². The third-order valence-corrected chi connectivity index (χ3v) is 2.23. The van der Waals surface area contributed by atoms with Crippen molar-refractivity contribution in [2.45, 2.75) is 33.3 Å². The van der Waals surface area contributed by atoms with Crippen LogP contribution in [0.1, 0.15) is 31.2 Å². The number of aliphatic hydroxyl groups is 1. The maximum atomic E-state index is 8.91. The van der Waals surface area contributed by atoms with Gasteiger partial charge in [0.25, 0.3) is 0 Å². The lowest BCUT2D eigenvalue weighted by Crippen LogP contribution is -2.02. The molecule has 0 aromatic carbocycles. The molecule has 0 aliphatic rings. The second kappa shape index (κ2) is 4.44. The predicted molar refractivity (Wildman–Crippen MR) is 56.1 cm³/mol. The highest BCUT2D eigenvalue weighted by molar-refractivity contribution is 5.11. The Kier molecular flexibility index (Phi) is 3.00. The van der Waals surface area contributed by atoms with E-state index in [0.29, 0.717) is 11.7 Å². The molecule has 2 heterocycles. The molecule has 0 aliphatic heterocycles. The molecular weight excluding hydrogens is 208 g/mol. The highest BCUT2D eigenvalue weighted by atomic mass is 16.4. The standard InChI is InChI=1S/C10H14N4O2/c1-3-8-12-9(4-2)14(13-8)10-11-7(5-15)6-16-10/h6,15H,3-5H2,1-2H3. The minimum atomic E-state index is -0.139. The Morgan fingerprint density at radius 1 is 1.31 bits per heavy atom. The Morgan fingerprint density at radius 3 is 2.69 bits per heavy atom. The molecule has 0 radical (unpaired) electrons. The van der Waals surface area contributed by atoms with E-state index in [1.165, 1.54) is 6.26 Å². The second-order valence-electron chi connectivity index (χ2n) is 3.34. The summed E-state index contributed by atoms with van der Waals surface area (Å²) < 4.78 is 6.81. The molecule has 0 fully saturated rings. The van der Waals surface area contributed by atoms with Crippen molar-refractivity contribution in [3.05, 3.63) is 23.6 Å². The van der Waals surface area contributed by atoms with Gasteiger partial charge in [0.05, 0.1) is 6.61 Å². The maximum Gasteiger partial charge on any atom is 0.324 e. The molecule has 2 aromatic rings. The van der Waals surface area contributed by atoms with Gasteiger partial charge < -0.3 is 9.52 Å². The van der Waals surface area contributed by atoms with Crippen molar-refractivity contribution in [2.75, 3.05) is 0 Å². The fourth-order valence-electron chi connectivity index (χ4n) is 1.39. The van der Waals surface area contributed by atoms with E-state index in [1.54, 1.807) is 4.68 Å². The minimum absolute atomic E-state index is 0.139. The largest absolute Gasteiger partial charge is 0.430 e. The molecule has 16 heavy (non-hydrogen) atoms. The van der Waals surface area contributed by atoms with Gasteiger partial charge in [-0.05, 0) is 0 Å². The zero-order valence-corrected chi connectivity index (χ0v) is 9.34. The Hall–Kier alpha value is -1.69. The smallest absolute Gasteiger partial charge is 0.324 e. The van der Waals surface area contributed by atoms with Crippen molar-refractivity contribution in [2.24, 2.45) is 0 Å². The van der Waals surface area contributed by atoms with Crippen LogP contribution < -0.4 is 0 Å². The van der Waals surface area contributed by atoms with E-state index in [2.05, 4.69) is 15.1 Å². The second-order valence-corrected chi connectivity index (χ2v) is 3.34. The number of oxazole rings is 1. The fourth-order valence-corrected chi connectivity index (χ4v) is 1.39. The molecule has 6 nitrogen and oxygen atoms in total. The van der Waals surface area contributed by atoms with Crippen LogP contribution >= 0.6 is 0 Å². The molecule has 86 valence electrons. The maximum absolute atomic E-state index is 8.91. The lowest BCUT2D eigenvalue weighted by Gasteiger charge is -1.96. The van der Waals surface area contributed by atoms with E-state index in [9.17, 15) is 0 Å². The van der Waals surface area contributed by atoms with Crippen LogP contribution in [0.2, 0.25) is 0 Å². The van der Waals surface area contributed by atoms with Crippen LogP contribution in [-0.4, -0.2) is 24.9 Å². The van der Waals surface area contributed by atoms with Crippen molar-refractivity contribution < 1.29 is 9.52 Å². The van der Waals surface area contributed by atoms with E-state index < -0.39 is 0 Å². The van der Waals surface area contributed by atoms with Gasteiger partial charge in [0.2, 0.25) is 0 Å². The van der Waals surface area contributed by atoms with Gasteiger partial charge in [-0.1, -0.05) is 13.8 Å². The van der Waals surface area contributed by atoms with Gasteiger partial charge in [-0.25, -0.2) is 4.98 Å². The molecule has 0 amide bonds. The highest BCUT2D eigenvalue weighted by Crippen LogP contribution is 2.11. The third kappa shape index (κ3) is 1.83. The number of rotatable bonds is 4. The molecule has 0 unspecified atom stereocenters. The molecule has 6 heteroatoms. The third-order valence-electron chi connectivity index (χ3n) is 2.23. The van der Waals surface area contributed by atoms with E-state index in [1.807, 2.05) is 13.8 Å². The Labute approximate surface area is 92.9 Å². The van der Waals surface area contributed by atoms with Crippen molar-refractivity contribution in [1.29, 1.82) is 0 Å². The van der Waals surface area contributed by atoms with Gasteiger partial charge in [0.1, 0.15) is 17.8 Å². The molecule has 0 saturated heterocycles. The Bertz CT molecular complexity index is 475. The molecule has 2 rings (SSSR count). The number of aromatic nitrogens is 4. The van der Waals surface area contributed by atoms with Gasteiger partial charge >= 0.3 is 6.01 Å². The van der Waals surface area contributed by atoms with Crippen LogP contribution in [0.25, 0.3) is 6.01 Å². The average molecular weight is 222 g/mol. The van der Waals surface area contributed by atoms with Gasteiger partial charge in [0, 0.05) is 12.8 Å². The quantitative estimate of drug-likeness (QED) is 0.830. The van der Waals surface area contributed by atoms with Crippen molar-refractivity contribution in [3.8, 4) is 6.01 Å². The summed E-state index contributed by atoms with van der Waals surface area (Å²) in [5.74, 6) is 1.57. The van der Waals surface area contributed by atoms with Crippen molar-refractivity contribution in [1.82, 2.24) is 19.7 Å². The monoisotopic (exact) mass is 222 g/mol. The van der Waals surface area contributed by atoms with Crippen LogP contribution in [-0.2, 0) is 19.4 Å². The molecule has 2 aromatic heterocycles. The zero-order chi connectivity index (χ0) is 11.5. The Morgan fingerprint density at radius 2 is 2.12 bits per heavy atom. The van der Waals surface area contributed by atoms with Gasteiger partial charge in [-0.15, -0.1) is 5.10 Å². The SMILES string of the molecule is CCc1nc(CC)n(-c2nc(CO)co2)n1. The summed E-state index contributed by atoms with van der Waals surface area (Å²) >= 11 is 0.